The minimum absolute atomic E-state index is 0.0638. The first-order valence-electron chi connectivity index (χ1n) is 9.65. The van der Waals surface area contributed by atoms with E-state index in [-0.39, 0.29) is 11.9 Å². The van der Waals surface area contributed by atoms with E-state index in [1.54, 1.807) is 12.3 Å². The second-order valence-electron chi connectivity index (χ2n) is 6.95. The molecule has 0 saturated carbocycles. The summed E-state index contributed by atoms with van der Waals surface area (Å²) < 4.78 is 7.47. The van der Waals surface area contributed by atoms with E-state index < -0.39 is 0 Å². The second-order valence-corrected chi connectivity index (χ2v) is 6.95. The lowest BCUT2D eigenvalue weighted by molar-refractivity contribution is 0.0914. The highest BCUT2D eigenvalue weighted by molar-refractivity contribution is 5.97. The Kier molecular flexibility index (Phi) is 5.20. The Morgan fingerprint density at radius 3 is 2.85 bits per heavy atom. The van der Waals surface area contributed by atoms with Crippen molar-refractivity contribution in [2.45, 2.75) is 38.8 Å². The van der Waals surface area contributed by atoms with E-state index in [9.17, 15) is 4.79 Å². The van der Waals surface area contributed by atoms with Gasteiger partial charge in [0.25, 0.3) is 5.91 Å². The molecule has 0 aliphatic carbocycles. The van der Waals surface area contributed by atoms with Crippen LogP contribution in [0.1, 0.15) is 48.3 Å². The predicted octanol–water partition coefficient (Wildman–Crippen LogP) is 3.00. The molecule has 1 aliphatic heterocycles. The largest absolute Gasteiger partial charge is 0.468 e. The van der Waals surface area contributed by atoms with Gasteiger partial charge in [-0.1, -0.05) is 11.6 Å². The lowest BCUT2D eigenvalue weighted by Crippen LogP contribution is -2.40. The quantitative estimate of drug-likeness (QED) is 0.725. The normalized spacial score (nSPS) is 16.5. The Bertz CT molecular complexity index is 896. The molecule has 1 unspecified atom stereocenters. The fraction of sp³-hybridized carbons (Fsp3) is 0.450. The fourth-order valence-corrected chi connectivity index (χ4v) is 3.76. The topological polar surface area (TPSA) is 76.2 Å². The van der Waals surface area contributed by atoms with Gasteiger partial charge in [-0.05, 0) is 63.2 Å². The molecule has 142 valence electrons. The van der Waals surface area contributed by atoms with E-state index in [1.807, 2.05) is 35.9 Å². The molecular formula is C20H25N5O2. The van der Waals surface area contributed by atoms with Gasteiger partial charge in [-0.3, -0.25) is 9.69 Å². The highest BCUT2D eigenvalue weighted by Crippen LogP contribution is 2.24. The van der Waals surface area contributed by atoms with Crippen LogP contribution in [0.5, 0.6) is 0 Å². The van der Waals surface area contributed by atoms with Gasteiger partial charge in [-0.2, -0.15) is 0 Å². The molecule has 0 radical (unpaired) electrons. The molecule has 1 saturated heterocycles. The molecule has 0 bridgehead atoms. The monoisotopic (exact) mass is 367 g/mol. The summed E-state index contributed by atoms with van der Waals surface area (Å²) in [4.78, 5) is 15.1. The van der Waals surface area contributed by atoms with Gasteiger partial charge in [0.1, 0.15) is 11.3 Å². The number of aromatic nitrogens is 3. The Hall–Kier alpha value is -2.67. The van der Waals surface area contributed by atoms with Crippen LogP contribution >= 0.6 is 0 Å². The van der Waals surface area contributed by atoms with Gasteiger partial charge in [0.2, 0.25) is 0 Å². The number of rotatable bonds is 6. The summed E-state index contributed by atoms with van der Waals surface area (Å²) in [7, 11) is 0. The van der Waals surface area contributed by atoms with Crippen molar-refractivity contribution in [3.63, 3.8) is 0 Å². The number of fused-ring (bicyclic) bond motifs is 1. The zero-order valence-electron chi connectivity index (χ0n) is 15.6. The van der Waals surface area contributed by atoms with Crippen molar-refractivity contribution in [1.82, 2.24) is 25.2 Å². The highest BCUT2D eigenvalue weighted by Gasteiger charge is 2.25. The lowest BCUT2D eigenvalue weighted by atomic mass is 10.1. The molecule has 7 nitrogen and oxygen atoms in total. The SMILES string of the molecule is CCn1nnc2cc(C(=O)NCC(c3ccco3)N3CCCCC3)ccc21. The molecule has 3 heterocycles. The summed E-state index contributed by atoms with van der Waals surface area (Å²) in [5.74, 6) is 0.801. The van der Waals surface area contributed by atoms with Gasteiger partial charge in [-0.25, -0.2) is 4.68 Å². The molecule has 3 aromatic rings. The third-order valence-electron chi connectivity index (χ3n) is 5.23. The fourth-order valence-electron chi connectivity index (χ4n) is 3.76. The molecule has 1 aromatic carbocycles. The summed E-state index contributed by atoms with van der Waals surface area (Å²) in [6.07, 6.45) is 5.34. The van der Waals surface area contributed by atoms with Crippen LogP contribution in [0.3, 0.4) is 0 Å². The number of nitrogens with one attached hydrogen (secondary N) is 1. The van der Waals surface area contributed by atoms with Gasteiger partial charge in [0.05, 0.1) is 17.8 Å². The Morgan fingerprint density at radius 2 is 2.11 bits per heavy atom. The second kappa shape index (κ2) is 7.92. The average Bonchev–Trinajstić information content (AvgIpc) is 3.38. The first-order chi connectivity index (χ1) is 13.3. The minimum Gasteiger partial charge on any atom is -0.468 e. The standard InChI is InChI=1S/C20H25N5O2/c1-2-25-17-9-8-15(13-16(17)22-23-25)20(26)21-14-18(19-7-6-12-27-19)24-10-4-3-5-11-24/h6-9,12-13,18H,2-5,10-11,14H2,1H3,(H,21,26). The Morgan fingerprint density at radius 1 is 1.26 bits per heavy atom. The van der Waals surface area contributed by atoms with E-state index >= 15 is 0 Å². The third kappa shape index (κ3) is 3.73. The maximum absolute atomic E-state index is 12.7. The van der Waals surface area contributed by atoms with Crippen LogP contribution in [0.4, 0.5) is 0 Å². The van der Waals surface area contributed by atoms with E-state index in [1.165, 1.54) is 19.3 Å². The number of carbonyl (C=O) groups is 1. The summed E-state index contributed by atoms with van der Waals surface area (Å²) in [5.41, 5.74) is 2.28. The summed E-state index contributed by atoms with van der Waals surface area (Å²) in [5, 5.41) is 11.3. The van der Waals surface area contributed by atoms with Crippen molar-refractivity contribution < 1.29 is 9.21 Å². The maximum Gasteiger partial charge on any atom is 0.251 e. The summed E-state index contributed by atoms with van der Waals surface area (Å²) in [6, 6.07) is 9.49. The van der Waals surface area contributed by atoms with Crippen LogP contribution in [0, 0.1) is 0 Å². The van der Waals surface area contributed by atoms with Gasteiger partial charge >= 0.3 is 0 Å². The van der Waals surface area contributed by atoms with Crippen molar-refractivity contribution in [2.75, 3.05) is 19.6 Å². The first kappa shape index (κ1) is 17.7. The van der Waals surface area contributed by atoms with Crippen molar-refractivity contribution >= 4 is 16.9 Å². The van der Waals surface area contributed by atoms with Crippen LogP contribution in [-0.4, -0.2) is 45.4 Å². The Labute approximate surface area is 158 Å². The van der Waals surface area contributed by atoms with Crippen molar-refractivity contribution in [3.8, 4) is 0 Å². The zero-order chi connectivity index (χ0) is 18.6. The van der Waals surface area contributed by atoms with Gasteiger partial charge in [-0.15, -0.1) is 5.10 Å². The molecule has 1 aliphatic rings. The lowest BCUT2D eigenvalue weighted by Gasteiger charge is -2.33. The molecule has 1 amide bonds. The third-order valence-corrected chi connectivity index (χ3v) is 5.23. The van der Waals surface area contributed by atoms with E-state index in [4.69, 9.17) is 4.42 Å². The molecule has 0 spiro atoms. The van der Waals surface area contributed by atoms with Crippen molar-refractivity contribution in [1.29, 1.82) is 0 Å². The smallest absolute Gasteiger partial charge is 0.251 e. The van der Waals surface area contributed by atoms with Gasteiger partial charge < -0.3 is 9.73 Å². The summed E-state index contributed by atoms with van der Waals surface area (Å²) in [6.45, 7) is 5.36. The molecular weight excluding hydrogens is 342 g/mol. The Balaban J connectivity index is 1.47. The zero-order valence-corrected chi connectivity index (χ0v) is 15.6. The number of likely N-dealkylation sites (tertiary alicyclic amines) is 1. The van der Waals surface area contributed by atoms with Crippen LogP contribution in [0.25, 0.3) is 11.0 Å². The molecule has 1 N–H and O–H groups in total. The van der Waals surface area contributed by atoms with Crippen LogP contribution in [-0.2, 0) is 6.54 Å². The number of benzene rings is 1. The molecule has 2 aromatic heterocycles. The molecule has 4 rings (SSSR count). The average molecular weight is 367 g/mol. The van der Waals surface area contributed by atoms with Gasteiger partial charge in [0, 0.05) is 18.7 Å². The molecule has 1 fully saturated rings. The van der Waals surface area contributed by atoms with Crippen LogP contribution < -0.4 is 5.32 Å². The van der Waals surface area contributed by atoms with Crippen molar-refractivity contribution in [2.24, 2.45) is 0 Å². The number of furan rings is 1. The number of hydrogen-bond acceptors (Lipinski definition) is 5. The van der Waals surface area contributed by atoms with Gasteiger partial charge in [0.15, 0.2) is 0 Å². The number of piperidine rings is 1. The highest BCUT2D eigenvalue weighted by atomic mass is 16.3. The molecule has 27 heavy (non-hydrogen) atoms. The minimum atomic E-state index is -0.100. The number of carbonyl (C=O) groups excluding carboxylic acids is 1. The van der Waals surface area contributed by atoms with Crippen molar-refractivity contribution in [3.05, 3.63) is 47.9 Å². The van der Waals surface area contributed by atoms with Crippen LogP contribution in [0.2, 0.25) is 0 Å². The number of nitrogens with zero attached hydrogens (tertiary/aromatic N) is 4. The number of aryl methyl sites for hydroxylation is 1. The van der Waals surface area contributed by atoms with Crippen LogP contribution in [0.15, 0.2) is 41.0 Å². The van der Waals surface area contributed by atoms with E-state index in [0.29, 0.717) is 12.1 Å². The first-order valence-corrected chi connectivity index (χ1v) is 9.65. The number of hydrogen-bond donors (Lipinski definition) is 1. The number of amides is 1. The molecule has 7 heteroatoms. The summed E-state index contributed by atoms with van der Waals surface area (Å²) >= 11 is 0. The molecule has 1 atom stereocenters. The van der Waals surface area contributed by atoms with E-state index in [0.717, 1.165) is 36.4 Å². The van der Waals surface area contributed by atoms with E-state index in [2.05, 4.69) is 20.5 Å². The predicted molar refractivity (Wildman–Crippen MR) is 102 cm³/mol. The maximum atomic E-state index is 12.7.